The van der Waals surface area contributed by atoms with Gasteiger partial charge in [0.25, 0.3) is 5.91 Å². The number of aliphatic hydroxyl groups is 1. The summed E-state index contributed by atoms with van der Waals surface area (Å²) in [4.78, 5) is 12.4. The van der Waals surface area contributed by atoms with E-state index in [0.717, 1.165) is 16.9 Å². The molecule has 2 aromatic carbocycles. The molecule has 0 bridgehead atoms. The first-order chi connectivity index (χ1) is 11.3. The van der Waals surface area contributed by atoms with E-state index in [1.807, 2.05) is 60.7 Å². The van der Waals surface area contributed by atoms with Gasteiger partial charge in [0, 0.05) is 5.56 Å². The number of aliphatic hydroxyl groups excluding tert-OH is 1. The first kappa shape index (κ1) is 15.3. The Morgan fingerprint density at radius 3 is 2.65 bits per heavy atom. The zero-order valence-corrected chi connectivity index (χ0v) is 12.7. The van der Waals surface area contributed by atoms with Crippen LogP contribution in [-0.4, -0.2) is 30.3 Å². The lowest BCUT2D eigenvalue weighted by Crippen LogP contribution is -2.40. The molecule has 23 heavy (non-hydrogen) atoms. The SMILES string of the molecule is O=C(NC(CO)Cc1ccccc1)C1=Cc2ccccc2OC1. The molecule has 118 valence electrons. The third-order valence-electron chi connectivity index (χ3n) is 3.80. The molecule has 2 aromatic rings. The Morgan fingerprint density at radius 1 is 1.13 bits per heavy atom. The Labute approximate surface area is 135 Å². The normalized spacial score (nSPS) is 14.2. The molecule has 0 aliphatic carbocycles. The standard InChI is InChI=1S/C19H19NO3/c21-12-17(10-14-6-2-1-3-7-14)20-19(22)16-11-15-8-4-5-9-18(15)23-13-16/h1-9,11,17,21H,10,12-13H2,(H,20,22). The number of para-hydroxylation sites is 1. The predicted octanol–water partition coefficient (Wildman–Crippen LogP) is 2.18. The lowest BCUT2D eigenvalue weighted by Gasteiger charge is -2.21. The number of hydrogen-bond acceptors (Lipinski definition) is 3. The fourth-order valence-electron chi connectivity index (χ4n) is 2.59. The molecule has 0 aromatic heterocycles. The number of carbonyl (C=O) groups is 1. The largest absolute Gasteiger partial charge is 0.488 e. The fraction of sp³-hybridized carbons (Fsp3) is 0.211. The van der Waals surface area contributed by atoms with Crippen LogP contribution in [0.5, 0.6) is 5.75 Å². The summed E-state index contributed by atoms with van der Waals surface area (Å²) >= 11 is 0. The van der Waals surface area contributed by atoms with Gasteiger partial charge in [-0.2, -0.15) is 0 Å². The van der Waals surface area contributed by atoms with Crippen molar-refractivity contribution >= 4 is 12.0 Å². The van der Waals surface area contributed by atoms with Crippen LogP contribution in [0.25, 0.3) is 6.08 Å². The zero-order valence-electron chi connectivity index (χ0n) is 12.7. The minimum absolute atomic E-state index is 0.106. The summed E-state index contributed by atoms with van der Waals surface area (Å²) in [6.07, 6.45) is 2.43. The molecule has 4 nitrogen and oxygen atoms in total. The van der Waals surface area contributed by atoms with Crippen LogP contribution < -0.4 is 10.1 Å². The molecule has 4 heteroatoms. The second kappa shape index (κ2) is 7.11. The smallest absolute Gasteiger partial charge is 0.250 e. The van der Waals surface area contributed by atoms with Crippen molar-refractivity contribution in [2.24, 2.45) is 0 Å². The second-order valence-corrected chi connectivity index (χ2v) is 5.54. The number of rotatable bonds is 5. The van der Waals surface area contributed by atoms with Crippen molar-refractivity contribution in [2.75, 3.05) is 13.2 Å². The van der Waals surface area contributed by atoms with Gasteiger partial charge in [-0.15, -0.1) is 0 Å². The van der Waals surface area contributed by atoms with Crippen molar-refractivity contribution < 1.29 is 14.6 Å². The number of hydrogen-bond donors (Lipinski definition) is 2. The molecule has 2 N–H and O–H groups in total. The van der Waals surface area contributed by atoms with Crippen molar-refractivity contribution in [2.45, 2.75) is 12.5 Å². The van der Waals surface area contributed by atoms with Gasteiger partial charge in [-0.3, -0.25) is 4.79 Å². The summed E-state index contributed by atoms with van der Waals surface area (Å²) in [6.45, 7) is 0.137. The molecule has 1 aliphatic heterocycles. The Balaban J connectivity index is 1.67. The van der Waals surface area contributed by atoms with Gasteiger partial charge in [-0.05, 0) is 24.1 Å². The van der Waals surface area contributed by atoms with E-state index >= 15 is 0 Å². The average molecular weight is 309 g/mol. The molecule has 0 saturated heterocycles. The maximum absolute atomic E-state index is 12.4. The van der Waals surface area contributed by atoms with Gasteiger partial charge in [0.05, 0.1) is 18.2 Å². The number of benzene rings is 2. The van der Waals surface area contributed by atoms with Gasteiger partial charge in [0.2, 0.25) is 0 Å². The van der Waals surface area contributed by atoms with E-state index in [0.29, 0.717) is 12.0 Å². The Bertz CT molecular complexity index is 710. The molecule has 0 radical (unpaired) electrons. The molecular weight excluding hydrogens is 290 g/mol. The van der Waals surface area contributed by atoms with E-state index in [1.165, 1.54) is 0 Å². The van der Waals surface area contributed by atoms with E-state index in [2.05, 4.69) is 5.32 Å². The molecule has 1 atom stereocenters. The van der Waals surface area contributed by atoms with Crippen LogP contribution in [0.1, 0.15) is 11.1 Å². The summed E-state index contributed by atoms with van der Waals surface area (Å²) < 4.78 is 5.60. The molecule has 0 saturated carbocycles. The second-order valence-electron chi connectivity index (χ2n) is 5.54. The van der Waals surface area contributed by atoms with Crippen LogP contribution in [-0.2, 0) is 11.2 Å². The van der Waals surface area contributed by atoms with Gasteiger partial charge < -0.3 is 15.2 Å². The Morgan fingerprint density at radius 2 is 1.87 bits per heavy atom. The van der Waals surface area contributed by atoms with Gasteiger partial charge >= 0.3 is 0 Å². The fourth-order valence-corrected chi connectivity index (χ4v) is 2.59. The van der Waals surface area contributed by atoms with Crippen molar-refractivity contribution in [1.82, 2.24) is 5.32 Å². The number of amides is 1. The minimum Gasteiger partial charge on any atom is -0.488 e. The van der Waals surface area contributed by atoms with E-state index in [1.54, 1.807) is 0 Å². The molecule has 1 aliphatic rings. The van der Waals surface area contributed by atoms with Gasteiger partial charge in [0.1, 0.15) is 12.4 Å². The van der Waals surface area contributed by atoms with Crippen molar-refractivity contribution in [1.29, 1.82) is 0 Å². The lowest BCUT2D eigenvalue weighted by molar-refractivity contribution is -0.118. The van der Waals surface area contributed by atoms with Gasteiger partial charge in [0.15, 0.2) is 0 Å². The van der Waals surface area contributed by atoms with E-state index in [4.69, 9.17) is 4.74 Å². The van der Waals surface area contributed by atoms with Crippen LogP contribution in [0.3, 0.4) is 0 Å². The predicted molar refractivity (Wildman–Crippen MR) is 89.1 cm³/mol. The average Bonchev–Trinajstić information content (AvgIpc) is 2.61. The quantitative estimate of drug-likeness (QED) is 0.890. The molecule has 0 spiro atoms. The molecular formula is C19H19NO3. The topological polar surface area (TPSA) is 58.6 Å². The van der Waals surface area contributed by atoms with Crippen LogP contribution in [0.4, 0.5) is 0 Å². The van der Waals surface area contributed by atoms with E-state index in [-0.39, 0.29) is 25.2 Å². The van der Waals surface area contributed by atoms with Crippen LogP contribution in [0.15, 0.2) is 60.2 Å². The van der Waals surface area contributed by atoms with E-state index in [9.17, 15) is 9.90 Å². The first-order valence-corrected chi connectivity index (χ1v) is 7.64. The highest BCUT2D eigenvalue weighted by Gasteiger charge is 2.19. The molecule has 3 rings (SSSR count). The number of fused-ring (bicyclic) bond motifs is 1. The summed E-state index contributed by atoms with van der Waals surface area (Å²) in [5.41, 5.74) is 2.54. The third-order valence-corrected chi connectivity index (χ3v) is 3.80. The van der Waals surface area contributed by atoms with Gasteiger partial charge in [-0.1, -0.05) is 48.5 Å². The molecule has 1 amide bonds. The zero-order chi connectivity index (χ0) is 16.1. The van der Waals surface area contributed by atoms with Crippen LogP contribution in [0, 0.1) is 0 Å². The van der Waals surface area contributed by atoms with Crippen molar-refractivity contribution in [3.8, 4) is 5.75 Å². The summed E-state index contributed by atoms with van der Waals surface area (Å²) in [5.74, 6) is 0.585. The molecule has 0 fully saturated rings. The number of carbonyl (C=O) groups excluding carboxylic acids is 1. The maximum Gasteiger partial charge on any atom is 0.250 e. The Kier molecular flexibility index (Phi) is 4.74. The summed E-state index contributed by atoms with van der Waals surface area (Å²) in [5, 5.41) is 12.4. The highest BCUT2D eigenvalue weighted by atomic mass is 16.5. The third kappa shape index (κ3) is 3.79. The first-order valence-electron chi connectivity index (χ1n) is 7.64. The van der Waals surface area contributed by atoms with Crippen LogP contribution in [0.2, 0.25) is 0 Å². The number of ether oxygens (including phenoxy) is 1. The van der Waals surface area contributed by atoms with Crippen molar-refractivity contribution in [3.63, 3.8) is 0 Å². The Hall–Kier alpha value is -2.59. The minimum atomic E-state index is -0.317. The highest BCUT2D eigenvalue weighted by molar-refractivity contribution is 5.99. The monoisotopic (exact) mass is 309 g/mol. The highest BCUT2D eigenvalue weighted by Crippen LogP contribution is 2.25. The lowest BCUT2D eigenvalue weighted by atomic mass is 10.0. The van der Waals surface area contributed by atoms with Crippen LogP contribution >= 0.6 is 0 Å². The number of nitrogens with one attached hydrogen (secondary N) is 1. The molecule has 1 heterocycles. The summed E-state index contributed by atoms with van der Waals surface area (Å²) in [7, 11) is 0. The summed E-state index contributed by atoms with van der Waals surface area (Å²) in [6, 6.07) is 17.1. The van der Waals surface area contributed by atoms with Crippen molar-refractivity contribution in [3.05, 3.63) is 71.3 Å². The van der Waals surface area contributed by atoms with Gasteiger partial charge in [-0.25, -0.2) is 0 Å². The van der Waals surface area contributed by atoms with E-state index < -0.39 is 0 Å². The molecule has 1 unspecified atom stereocenters. The maximum atomic E-state index is 12.4.